The summed E-state index contributed by atoms with van der Waals surface area (Å²) in [4.78, 5) is 8.43. The predicted octanol–water partition coefficient (Wildman–Crippen LogP) is 1.40. The van der Waals surface area contributed by atoms with Gasteiger partial charge < -0.3 is 10.3 Å². The lowest BCUT2D eigenvalue weighted by Crippen LogP contribution is -2.03. The Labute approximate surface area is 124 Å². The molecule has 3 N–H and O–H groups in total. The summed E-state index contributed by atoms with van der Waals surface area (Å²) in [5.74, 6) is 1.28. The number of nitrogen functional groups attached to an aromatic ring is 1. The average Bonchev–Trinajstić information content (AvgIpc) is 3.00. The first-order valence-electron chi connectivity index (χ1n) is 6.88. The molecular weight excluding hydrogens is 288 g/mol. The van der Waals surface area contributed by atoms with E-state index in [4.69, 9.17) is 5.73 Å². The normalized spacial score (nSPS) is 15.0. The van der Waals surface area contributed by atoms with E-state index in [-0.39, 0.29) is 5.95 Å². The van der Waals surface area contributed by atoms with E-state index in [1.165, 1.54) is 24.6 Å². The summed E-state index contributed by atoms with van der Waals surface area (Å²) >= 11 is 1.46. The van der Waals surface area contributed by atoms with Crippen LogP contribution in [-0.2, 0) is 13.0 Å². The Balaban J connectivity index is 1.75. The number of nitrogens with zero attached hydrogens (tertiary/aromatic N) is 6. The van der Waals surface area contributed by atoms with Crippen molar-refractivity contribution in [2.75, 3.05) is 5.73 Å². The van der Waals surface area contributed by atoms with E-state index in [9.17, 15) is 0 Å². The van der Waals surface area contributed by atoms with Crippen molar-refractivity contribution in [1.29, 1.82) is 0 Å². The van der Waals surface area contributed by atoms with Crippen LogP contribution in [-0.4, -0.2) is 34.9 Å². The molecule has 0 fully saturated rings. The van der Waals surface area contributed by atoms with Crippen molar-refractivity contribution < 1.29 is 0 Å². The Morgan fingerprint density at radius 3 is 3.10 bits per heavy atom. The van der Waals surface area contributed by atoms with Crippen molar-refractivity contribution in [3.05, 3.63) is 12.0 Å². The van der Waals surface area contributed by atoms with Crippen molar-refractivity contribution in [2.24, 2.45) is 0 Å². The first-order chi connectivity index (χ1) is 10.3. The number of aromatic nitrogens is 7. The standard InChI is InChI=1S/C12H14N8S/c13-11-15-9-7(6-14-18-9)10(16-11)21-12-19-17-8-4-2-1-3-5-20(8)12/h6H,1-5H2,(H3,13,14,15,16,18). The first kappa shape index (κ1) is 12.6. The number of rotatable bonds is 2. The van der Waals surface area contributed by atoms with Crippen LogP contribution < -0.4 is 5.73 Å². The molecule has 0 aromatic carbocycles. The number of hydrogen-bond donors (Lipinski definition) is 2. The Bertz CT molecular complexity index is 792. The molecule has 0 amide bonds. The molecule has 8 nitrogen and oxygen atoms in total. The number of fused-ring (bicyclic) bond motifs is 2. The second-order valence-electron chi connectivity index (χ2n) is 4.98. The second kappa shape index (κ2) is 4.99. The minimum Gasteiger partial charge on any atom is -0.368 e. The van der Waals surface area contributed by atoms with Gasteiger partial charge in [-0.2, -0.15) is 10.1 Å². The SMILES string of the molecule is Nc1nc(Sc2nnc3n2CCCCC3)c2cn[nH]c2n1. The highest BCUT2D eigenvalue weighted by Gasteiger charge is 2.18. The molecule has 21 heavy (non-hydrogen) atoms. The molecule has 4 heterocycles. The molecule has 1 aliphatic rings. The summed E-state index contributed by atoms with van der Waals surface area (Å²) in [5.41, 5.74) is 6.39. The lowest BCUT2D eigenvalue weighted by molar-refractivity contribution is 0.591. The summed E-state index contributed by atoms with van der Waals surface area (Å²) in [6.07, 6.45) is 6.26. The molecule has 0 saturated heterocycles. The molecule has 1 aliphatic heterocycles. The lowest BCUT2D eigenvalue weighted by atomic mass is 10.2. The molecule has 0 aliphatic carbocycles. The van der Waals surface area contributed by atoms with Gasteiger partial charge in [0.05, 0.1) is 11.6 Å². The first-order valence-corrected chi connectivity index (χ1v) is 7.69. The van der Waals surface area contributed by atoms with Gasteiger partial charge in [0.15, 0.2) is 10.8 Å². The molecule has 0 unspecified atom stereocenters. The average molecular weight is 302 g/mol. The maximum atomic E-state index is 5.75. The zero-order chi connectivity index (χ0) is 14.2. The van der Waals surface area contributed by atoms with Crippen LogP contribution in [0.1, 0.15) is 25.1 Å². The van der Waals surface area contributed by atoms with Gasteiger partial charge in [0.1, 0.15) is 10.9 Å². The largest absolute Gasteiger partial charge is 0.368 e. The number of nitrogens with one attached hydrogen (secondary N) is 1. The zero-order valence-corrected chi connectivity index (χ0v) is 12.1. The van der Waals surface area contributed by atoms with Gasteiger partial charge in [-0.1, -0.05) is 6.42 Å². The van der Waals surface area contributed by atoms with E-state index < -0.39 is 0 Å². The number of anilines is 1. The molecule has 0 radical (unpaired) electrons. The van der Waals surface area contributed by atoms with Crippen LogP contribution in [0.5, 0.6) is 0 Å². The van der Waals surface area contributed by atoms with Crippen LogP contribution in [0.4, 0.5) is 5.95 Å². The van der Waals surface area contributed by atoms with E-state index in [1.807, 2.05) is 0 Å². The van der Waals surface area contributed by atoms with Gasteiger partial charge in [0, 0.05) is 13.0 Å². The highest BCUT2D eigenvalue weighted by atomic mass is 32.2. The van der Waals surface area contributed by atoms with E-state index in [0.717, 1.165) is 40.8 Å². The molecule has 9 heteroatoms. The highest BCUT2D eigenvalue weighted by Crippen LogP contribution is 2.31. The topological polar surface area (TPSA) is 111 Å². The Kier molecular flexibility index (Phi) is 2.99. The van der Waals surface area contributed by atoms with Crippen molar-refractivity contribution >= 4 is 28.7 Å². The van der Waals surface area contributed by atoms with Crippen LogP contribution in [0.3, 0.4) is 0 Å². The summed E-state index contributed by atoms with van der Waals surface area (Å²) in [7, 11) is 0. The van der Waals surface area contributed by atoms with Gasteiger partial charge in [-0.05, 0) is 24.6 Å². The summed E-state index contributed by atoms with van der Waals surface area (Å²) in [6, 6.07) is 0. The van der Waals surface area contributed by atoms with Gasteiger partial charge in [-0.15, -0.1) is 10.2 Å². The number of H-pyrrole nitrogens is 1. The third-order valence-electron chi connectivity index (χ3n) is 3.56. The molecule has 0 spiro atoms. The number of nitrogens with two attached hydrogens (primary N) is 1. The van der Waals surface area contributed by atoms with Crippen LogP contribution in [0.25, 0.3) is 11.0 Å². The number of hydrogen-bond acceptors (Lipinski definition) is 7. The smallest absolute Gasteiger partial charge is 0.223 e. The quantitative estimate of drug-likeness (QED) is 0.688. The Morgan fingerprint density at radius 1 is 1.19 bits per heavy atom. The summed E-state index contributed by atoms with van der Waals surface area (Å²) < 4.78 is 2.18. The van der Waals surface area contributed by atoms with Gasteiger partial charge in [0.2, 0.25) is 5.95 Å². The van der Waals surface area contributed by atoms with Gasteiger partial charge >= 0.3 is 0 Å². The lowest BCUT2D eigenvalue weighted by Gasteiger charge is -2.06. The van der Waals surface area contributed by atoms with Crippen LogP contribution in [0, 0.1) is 0 Å². The summed E-state index contributed by atoms with van der Waals surface area (Å²) in [6.45, 7) is 0.958. The maximum Gasteiger partial charge on any atom is 0.223 e. The summed E-state index contributed by atoms with van der Waals surface area (Å²) in [5, 5.41) is 17.9. The van der Waals surface area contributed by atoms with Gasteiger partial charge in [-0.3, -0.25) is 5.10 Å². The van der Waals surface area contributed by atoms with Crippen molar-refractivity contribution in [3.8, 4) is 0 Å². The highest BCUT2D eigenvalue weighted by molar-refractivity contribution is 7.99. The fraction of sp³-hybridized carbons (Fsp3) is 0.417. The Hall–Kier alpha value is -2.16. The van der Waals surface area contributed by atoms with E-state index in [2.05, 4.69) is 34.9 Å². The van der Waals surface area contributed by atoms with Crippen LogP contribution in [0.2, 0.25) is 0 Å². The van der Waals surface area contributed by atoms with Crippen LogP contribution >= 0.6 is 11.8 Å². The fourth-order valence-electron chi connectivity index (χ4n) is 2.52. The third kappa shape index (κ3) is 2.23. The second-order valence-corrected chi connectivity index (χ2v) is 5.94. The molecule has 3 aromatic heterocycles. The monoisotopic (exact) mass is 302 g/mol. The van der Waals surface area contributed by atoms with E-state index in [0.29, 0.717) is 5.65 Å². The zero-order valence-electron chi connectivity index (χ0n) is 11.3. The van der Waals surface area contributed by atoms with Gasteiger partial charge in [0.25, 0.3) is 0 Å². The molecule has 108 valence electrons. The minimum atomic E-state index is 0.227. The molecule has 0 atom stereocenters. The van der Waals surface area contributed by atoms with Crippen molar-refractivity contribution in [1.82, 2.24) is 34.9 Å². The molecule has 3 aromatic rings. The van der Waals surface area contributed by atoms with E-state index in [1.54, 1.807) is 6.20 Å². The predicted molar refractivity (Wildman–Crippen MR) is 77.8 cm³/mol. The maximum absolute atomic E-state index is 5.75. The van der Waals surface area contributed by atoms with Gasteiger partial charge in [-0.25, -0.2) is 4.98 Å². The Morgan fingerprint density at radius 2 is 2.14 bits per heavy atom. The van der Waals surface area contributed by atoms with Crippen LogP contribution in [0.15, 0.2) is 16.4 Å². The van der Waals surface area contributed by atoms with E-state index >= 15 is 0 Å². The molecule has 4 rings (SSSR count). The molecule has 0 saturated carbocycles. The third-order valence-corrected chi connectivity index (χ3v) is 4.54. The fourth-order valence-corrected chi connectivity index (χ4v) is 3.48. The molecule has 0 bridgehead atoms. The van der Waals surface area contributed by atoms with Crippen molar-refractivity contribution in [3.63, 3.8) is 0 Å². The number of aryl methyl sites for hydroxylation is 1. The minimum absolute atomic E-state index is 0.227. The molecular formula is C12H14N8S. The van der Waals surface area contributed by atoms with Crippen molar-refractivity contribution in [2.45, 2.75) is 42.4 Å². The number of aromatic amines is 1.